The third-order valence-corrected chi connectivity index (χ3v) is 11.6. The highest BCUT2D eigenvalue weighted by Gasteiger charge is 2.35. The molecule has 0 amide bonds. The Kier molecular flexibility index (Phi) is 8.95. The topological polar surface area (TPSA) is 100 Å². The number of pyridine rings is 1. The number of para-hydroxylation sites is 2. The van der Waals surface area contributed by atoms with Gasteiger partial charge in [-0.1, -0.05) is 72.8 Å². The van der Waals surface area contributed by atoms with E-state index in [1.165, 1.54) is 12.1 Å². The Morgan fingerprint density at radius 3 is 1.30 bits per heavy atom. The van der Waals surface area contributed by atoms with Crippen LogP contribution in [0.5, 0.6) is 0 Å². The summed E-state index contributed by atoms with van der Waals surface area (Å²) < 4.78 is 50.8. The molecule has 0 spiro atoms. The largest absolute Gasteiger partial charge is 0.416 e. The molecule has 0 bridgehead atoms. The summed E-state index contributed by atoms with van der Waals surface area (Å²) >= 11 is 0. The predicted octanol–water partition coefficient (Wildman–Crippen LogP) is 12.6. The molecule has 0 unspecified atom stereocenters. The summed E-state index contributed by atoms with van der Waals surface area (Å²) in [6.07, 6.45) is -4.72. The van der Waals surface area contributed by atoms with Crippen LogP contribution in [-0.4, -0.2) is 44.0 Å². The number of aromatic nitrogens is 9. The summed E-state index contributed by atoms with van der Waals surface area (Å²) in [6.45, 7) is 7.29. The van der Waals surface area contributed by atoms with Crippen LogP contribution in [0.15, 0.2) is 146 Å². The third kappa shape index (κ3) is 6.53. The quantitative estimate of drug-likeness (QED) is 0.164. The maximum atomic E-state index is 15.6. The molecule has 0 N–H and O–H groups in total. The molecule has 0 saturated heterocycles. The maximum Gasteiger partial charge on any atom is 0.416 e. The monoisotopic (exact) mass is 843 g/mol. The van der Waals surface area contributed by atoms with Crippen molar-refractivity contribution in [2.75, 3.05) is 0 Å². The molecule has 6 aromatic carbocycles. The molecular weight excluding hydrogens is 808 g/mol. The van der Waals surface area contributed by atoms with E-state index in [0.29, 0.717) is 74.3 Å². The molecule has 0 radical (unpaired) electrons. The van der Waals surface area contributed by atoms with Gasteiger partial charge in [0.1, 0.15) is 23.3 Å². The molecule has 5 aromatic heterocycles. The summed E-state index contributed by atoms with van der Waals surface area (Å²) in [7, 11) is 0. The number of alkyl halides is 3. The van der Waals surface area contributed by atoms with Crippen LogP contribution >= 0.6 is 0 Å². The minimum absolute atomic E-state index is 0.312. The van der Waals surface area contributed by atoms with Gasteiger partial charge >= 0.3 is 6.18 Å². The average molecular weight is 844 g/mol. The van der Waals surface area contributed by atoms with Crippen molar-refractivity contribution in [1.29, 1.82) is 0 Å². The molecule has 64 heavy (non-hydrogen) atoms. The fourth-order valence-electron chi connectivity index (χ4n) is 8.97. The molecule has 11 aromatic rings. The molecule has 0 aliphatic carbocycles. The number of fused-ring (bicyclic) bond motifs is 6. The van der Waals surface area contributed by atoms with Crippen molar-refractivity contribution in [3.63, 3.8) is 0 Å². The van der Waals surface area contributed by atoms with E-state index in [1.807, 2.05) is 170 Å². The van der Waals surface area contributed by atoms with Crippen LogP contribution in [0.2, 0.25) is 0 Å². The minimum Gasteiger partial charge on any atom is -0.308 e. The summed E-state index contributed by atoms with van der Waals surface area (Å²) in [5, 5.41) is 3.36. The summed E-state index contributed by atoms with van der Waals surface area (Å²) in [5.41, 5.74) is 6.75. The standard InChI is InChI=1S/C52H36F3N9/c1-29-56-30(2)59-50(58-29)34-21-23-45-39(25-34)37-15-8-10-19-43(37)63(45)47-27-36(52(53,54)55)28-48(49(47)42-18-12-17-41(62-42)33-13-6-5-7-14-33)64-44-20-11-9-16-38(44)40-26-35(22-24-46(40)64)51-60-31(3)57-32(4)61-51/h5-28H,1-4H3. The number of nitrogens with zero attached hydrogens (tertiary/aromatic N) is 9. The zero-order valence-electron chi connectivity index (χ0n) is 35.0. The van der Waals surface area contributed by atoms with Crippen LogP contribution in [0.3, 0.4) is 0 Å². The van der Waals surface area contributed by atoms with Crippen molar-refractivity contribution in [2.45, 2.75) is 33.9 Å². The molecule has 12 heteroatoms. The molecule has 0 saturated carbocycles. The first-order chi connectivity index (χ1) is 31.0. The van der Waals surface area contributed by atoms with Crippen molar-refractivity contribution in [3.8, 4) is 56.7 Å². The van der Waals surface area contributed by atoms with E-state index in [-0.39, 0.29) is 0 Å². The molecule has 5 heterocycles. The van der Waals surface area contributed by atoms with Gasteiger partial charge in [-0.15, -0.1) is 0 Å². The lowest BCUT2D eigenvalue weighted by Crippen LogP contribution is -2.11. The molecule has 0 fully saturated rings. The Bertz CT molecular complexity index is 3440. The first-order valence-electron chi connectivity index (χ1n) is 20.7. The highest BCUT2D eigenvalue weighted by atomic mass is 19.4. The minimum atomic E-state index is -4.72. The van der Waals surface area contributed by atoms with Crippen LogP contribution in [0.4, 0.5) is 13.2 Å². The van der Waals surface area contributed by atoms with Crippen molar-refractivity contribution >= 4 is 43.6 Å². The predicted molar refractivity (Wildman–Crippen MR) is 245 cm³/mol. The molecule has 9 nitrogen and oxygen atoms in total. The van der Waals surface area contributed by atoms with Crippen molar-refractivity contribution < 1.29 is 13.2 Å². The summed E-state index contributed by atoms with van der Waals surface area (Å²) in [4.78, 5) is 32.5. The Morgan fingerprint density at radius 1 is 0.375 bits per heavy atom. The van der Waals surface area contributed by atoms with E-state index in [0.717, 1.165) is 49.3 Å². The Morgan fingerprint density at radius 2 is 0.812 bits per heavy atom. The van der Waals surface area contributed by atoms with E-state index in [4.69, 9.17) is 4.98 Å². The van der Waals surface area contributed by atoms with Gasteiger partial charge < -0.3 is 9.13 Å². The lowest BCUT2D eigenvalue weighted by molar-refractivity contribution is -0.137. The van der Waals surface area contributed by atoms with Crippen LogP contribution in [0.1, 0.15) is 28.9 Å². The Balaban J connectivity index is 1.27. The number of halogens is 3. The Labute approximate surface area is 364 Å². The van der Waals surface area contributed by atoms with Gasteiger partial charge in [0.05, 0.1) is 50.4 Å². The first kappa shape index (κ1) is 38.8. The molecule has 310 valence electrons. The highest BCUT2D eigenvalue weighted by Crippen LogP contribution is 2.46. The van der Waals surface area contributed by atoms with E-state index in [9.17, 15) is 0 Å². The van der Waals surface area contributed by atoms with Gasteiger partial charge in [0.2, 0.25) is 0 Å². The molecule has 0 aliphatic rings. The molecule has 0 atom stereocenters. The number of benzene rings is 6. The van der Waals surface area contributed by atoms with E-state index in [2.05, 4.69) is 29.9 Å². The zero-order chi connectivity index (χ0) is 43.9. The van der Waals surface area contributed by atoms with Crippen LogP contribution < -0.4 is 0 Å². The van der Waals surface area contributed by atoms with E-state index < -0.39 is 11.7 Å². The lowest BCUT2D eigenvalue weighted by Gasteiger charge is -2.22. The van der Waals surface area contributed by atoms with Crippen LogP contribution in [0, 0.1) is 27.7 Å². The molecular formula is C52H36F3N9. The highest BCUT2D eigenvalue weighted by molar-refractivity contribution is 6.13. The maximum absolute atomic E-state index is 15.6. The lowest BCUT2D eigenvalue weighted by atomic mass is 10.00. The van der Waals surface area contributed by atoms with Gasteiger partial charge in [0.25, 0.3) is 0 Å². The number of hydrogen-bond donors (Lipinski definition) is 0. The first-order valence-corrected chi connectivity index (χ1v) is 20.7. The van der Waals surface area contributed by atoms with Crippen molar-refractivity contribution in [2.24, 2.45) is 0 Å². The average Bonchev–Trinajstić information content (AvgIpc) is 3.80. The normalized spacial score (nSPS) is 12.0. The van der Waals surface area contributed by atoms with Gasteiger partial charge in [-0.05, 0) is 100 Å². The Hall–Kier alpha value is -8.12. The second-order valence-electron chi connectivity index (χ2n) is 15.8. The number of aryl methyl sites for hydroxylation is 4. The van der Waals surface area contributed by atoms with Crippen molar-refractivity contribution in [3.05, 3.63) is 174 Å². The van der Waals surface area contributed by atoms with Crippen LogP contribution in [0.25, 0.3) is 100 Å². The zero-order valence-corrected chi connectivity index (χ0v) is 35.0. The van der Waals surface area contributed by atoms with Crippen LogP contribution in [-0.2, 0) is 6.18 Å². The van der Waals surface area contributed by atoms with Gasteiger partial charge in [0, 0.05) is 43.8 Å². The SMILES string of the molecule is Cc1nc(C)nc(-c2ccc3c(c2)c2ccccc2n3-c2cc(C(F)(F)F)cc(-n3c4ccccc4c4cc(-c5nc(C)nc(C)n5)ccc43)c2-c2cccc(-c3ccccc3)n2)n1. The molecule has 11 rings (SSSR count). The molecule has 0 aliphatic heterocycles. The fraction of sp³-hybridized carbons (Fsp3) is 0.0962. The van der Waals surface area contributed by atoms with E-state index >= 15 is 13.2 Å². The number of hydrogen-bond acceptors (Lipinski definition) is 7. The van der Waals surface area contributed by atoms with Crippen molar-refractivity contribution in [1.82, 2.24) is 44.0 Å². The smallest absolute Gasteiger partial charge is 0.308 e. The fourth-order valence-corrected chi connectivity index (χ4v) is 8.97. The summed E-state index contributed by atoms with van der Waals surface area (Å²) in [5.74, 6) is 3.40. The van der Waals surface area contributed by atoms with Gasteiger partial charge in [-0.3, -0.25) is 0 Å². The van der Waals surface area contributed by atoms with Gasteiger partial charge in [-0.2, -0.15) is 13.2 Å². The summed E-state index contributed by atoms with van der Waals surface area (Å²) in [6, 6.07) is 45.2. The second-order valence-corrected chi connectivity index (χ2v) is 15.8. The second kappa shape index (κ2) is 14.8. The van der Waals surface area contributed by atoms with E-state index in [1.54, 1.807) is 0 Å². The third-order valence-electron chi connectivity index (χ3n) is 11.6. The number of rotatable bonds is 6. The van der Waals surface area contributed by atoms with Gasteiger partial charge in [0.15, 0.2) is 11.6 Å². The van der Waals surface area contributed by atoms with Gasteiger partial charge in [-0.25, -0.2) is 34.9 Å².